The zero-order valence-corrected chi connectivity index (χ0v) is 9.92. The minimum absolute atomic E-state index is 0.0832. The average Bonchev–Trinajstić information content (AvgIpc) is 2.84. The summed E-state index contributed by atoms with van der Waals surface area (Å²) < 4.78 is 10.3. The van der Waals surface area contributed by atoms with Crippen LogP contribution in [-0.4, -0.2) is 17.7 Å². The molecule has 0 radical (unpaired) electrons. The molecule has 0 amide bonds. The van der Waals surface area contributed by atoms with Gasteiger partial charge in [-0.25, -0.2) is 0 Å². The van der Waals surface area contributed by atoms with Crippen molar-refractivity contribution in [3.63, 3.8) is 0 Å². The van der Waals surface area contributed by atoms with E-state index >= 15 is 0 Å². The summed E-state index contributed by atoms with van der Waals surface area (Å²) in [5.41, 5.74) is 6.61. The normalized spacial score (nSPS) is 12.4. The molecule has 5 nitrogen and oxygen atoms in total. The summed E-state index contributed by atoms with van der Waals surface area (Å²) in [5.74, 6) is 0.358. The fourth-order valence-corrected chi connectivity index (χ4v) is 1.96. The molecule has 2 aromatic carbocycles. The van der Waals surface area contributed by atoms with Crippen LogP contribution in [0.1, 0.15) is 15.9 Å². The molecular weight excluding hydrogens is 246 g/mol. The highest BCUT2D eigenvalue weighted by Crippen LogP contribution is 2.38. The number of benzene rings is 2. The number of ether oxygens (including phenoxy) is 2. The van der Waals surface area contributed by atoms with Crippen molar-refractivity contribution in [3.05, 3.63) is 47.5 Å². The summed E-state index contributed by atoms with van der Waals surface area (Å²) in [6, 6.07) is 9.54. The van der Waals surface area contributed by atoms with Crippen molar-refractivity contribution in [2.75, 3.05) is 12.5 Å². The van der Waals surface area contributed by atoms with Gasteiger partial charge in [-0.1, -0.05) is 12.1 Å². The van der Waals surface area contributed by atoms with Gasteiger partial charge in [0.1, 0.15) is 5.75 Å². The number of nitrogens with two attached hydrogens (primary N) is 1. The number of ketones is 1. The van der Waals surface area contributed by atoms with Gasteiger partial charge in [0.25, 0.3) is 0 Å². The van der Waals surface area contributed by atoms with E-state index in [-0.39, 0.29) is 23.9 Å². The molecule has 3 N–H and O–H groups in total. The maximum absolute atomic E-state index is 12.4. The first-order valence-corrected chi connectivity index (χ1v) is 5.68. The summed E-state index contributed by atoms with van der Waals surface area (Å²) in [6.07, 6.45) is 0. The van der Waals surface area contributed by atoms with E-state index in [2.05, 4.69) is 0 Å². The fourth-order valence-electron chi connectivity index (χ4n) is 1.96. The lowest BCUT2D eigenvalue weighted by Gasteiger charge is -2.07. The Morgan fingerprint density at radius 3 is 2.53 bits per heavy atom. The molecule has 0 saturated heterocycles. The van der Waals surface area contributed by atoms with Crippen molar-refractivity contribution in [1.29, 1.82) is 0 Å². The molecule has 19 heavy (non-hydrogen) atoms. The first-order valence-electron chi connectivity index (χ1n) is 5.68. The molecule has 5 heteroatoms. The summed E-state index contributed by atoms with van der Waals surface area (Å²) in [7, 11) is 0. The third-order valence-corrected chi connectivity index (χ3v) is 2.94. The van der Waals surface area contributed by atoms with Crippen LogP contribution in [0.2, 0.25) is 0 Å². The Labute approximate surface area is 109 Å². The number of phenols is 1. The van der Waals surface area contributed by atoms with E-state index in [1.807, 2.05) is 0 Å². The van der Waals surface area contributed by atoms with E-state index in [0.29, 0.717) is 22.7 Å². The first kappa shape index (κ1) is 11.4. The third kappa shape index (κ3) is 1.85. The van der Waals surface area contributed by atoms with Crippen LogP contribution in [0, 0.1) is 0 Å². The fraction of sp³-hybridized carbons (Fsp3) is 0.0714. The molecule has 2 aromatic rings. The molecule has 1 aliphatic heterocycles. The number of anilines is 1. The van der Waals surface area contributed by atoms with E-state index < -0.39 is 0 Å². The SMILES string of the molecule is Nc1ccccc1C(=O)c1cc2c(cc1O)OCO2. The maximum Gasteiger partial charge on any atom is 0.231 e. The minimum Gasteiger partial charge on any atom is -0.507 e. The molecule has 0 aromatic heterocycles. The Balaban J connectivity index is 2.08. The molecule has 0 unspecified atom stereocenters. The molecule has 1 aliphatic rings. The zero-order valence-electron chi connectivity index (χ0n) is 9.92. The van der Waals surface area contributed by atoms with Crippen molar-refractivity contribution in [2.45, 2.75) is 0 Å². The molecular formula is C14H11NO4. The highest BCUT2D eigenvalue weighted by atomic mass is 16.7. The number of nitrogen functional groups attached to an aromatic ring is 1. The predicted molar refractivity (Wildman–Crippen MR) is 68.5 cm³/mol. The number of carbonyl (C=O) groups excluding carboxylic acids is 1. The lowest BCUT2D eigenvalue weighted by atomic mass is 10.0. The van der Waals surface area contributed by atoms with Crippen LogP contribution in [0.3, 0.4) is 0 Å². The van der Waals surface area contributed by atoms with Crippen LogP contribution < -0.4 is 15.2 Å². The predicted octanol–water partition coefficient (Wildman–Crippen LogP) is 1.93. The van der Waals surface area contributed by atoms with Gasteiger partial charge in [0.15, 0.2) is 17.3 Å². The smallest absolute Gasteiger partial charge is 0.231 e. The van der Waals surface area contributed by atoms with Crippen molar-refractivity contribution in [1.82, 2.24) is 0 Å². The molecule has 1 heterocycles. The topological polar surface area (TPSA) is 81.8 Å². The number of phenolic OH excluding ortho intramolecular Hbond substituents is 1. The van der Waals surface area contributed by atoms with Crippen molar-refractivity contribution >= 4 is 11.5 Å². The monoisotopic (exact) mass is 257 g/mol. The van der Waals surface area contributed by atoms with Crippen LogP contribution in [0.25, 0.3) is 0 Å². The van der Waals surface area contributed by atoms with Crippen molar-refractivity contribution in [2.24, 2.45) is 0 Å². The van der Waals surface area contributed by atoms with Crippen LogP contribution in [0.15, 0.2) is 36.4 Å². The highest BCUT2D eigenvalue weighted by Gasteiger charge is 2.22. The van der Waals surface area contributed by atoms with Gasteiger partial charge in [0.2, 0.25) is 6.79 Å². The summed E-state index contributed by atoms with van der Waals surface area (Å²) in [4.78, 5) is 12.4. The first-order chi connectivity index (χ1) is 9.16. The van der Waals surface area contributed by atoms with E-state index in [1.165, 1.54) is 12.1 Å². The lowest BCUT2D eigenvalue weighted by Crippen LogP contribution is -2.05. The summed E-state index contributed by atoms with van der Waals surface area (Å²) in [5, 5.41) is 9.90. The average molecular weight is 257 g/mol. The molecule has 0 spiro atoms. The summed E-state index contributed by atoms with van der Waals surface area (Å²) >= 11 is 0. The number of para-hydroxylation sites is 1. The van der Waals surface area contributed by atoms with Crippen LogP contribution in [0.4, 0.5) is 5.69 Å². The summed E-state index contributed by atoms with van der Waals surface area (Å²) in [6.45, 7) is 0.0832. The van der Waals surface area contributed by atoms with Crippen molar-refractivity contribution < 1.29 is 19.4 Å². The number of fused-ring (bicyclic) bond motifs is 1. The maximum atomic E-state index is 12.4. The van der Waals surface area contributed by atoms with Gasteiger partial charge >= 0.3 is 0 Å². The standard InChI is InChI=1S/C14H11NO4/c15-10-4-2-1-3-8(10)14(17)9-5-12-13(6-11(9)16)19-7-18-12/h1-6,16H,7,15H2. The van der Waals surface area contributed by atoms with E-state index in [1.54, 1.807) is 24.3 Å². The van der Waals surface area contributed by atoms with Crippen LogP contribution >= 0.6 is 0 Å². The van der Waals surface area contributed by atoms with Crippen molar-refractivity contribution in [3.8, 4) is 17.2 Å². The van der Waals surface area contributed by atoms with Crippen LogP contribution in [0.5, 0.6) is 17.2 Å². The second-order valence-electron chi connectivity index (χ2n) is 4.14. The van der Waals surface area contributed by atoms with E-state index in [0.717, 1.165) is 0 Å². The Kier molecular flexibility index (Phi) is 2.52. The number of rotatable bonds is 2. The second kappa shape index (κ2) is 4.20. The minimum atomic E-state index is -0.353. The van der Waals surface area contributed by atoms with Crippen LogP contribution in [-0.2, 0) is 0 Å². The lowest BCUT2D eigenvalue weighted by molar-refractivity contribution is 0.103. The Morgan fingerprint density at radius 2 is 1.79 bits per heavy atom. The molecule has 96 valence electrons. The number of carbonyl (C=O) groups is 1. The van der Waals surface area contributed by atoms with Gasteiger partial charge in [-0.2, -0.15) is 0 Å². The van der Waals surface area contributed by atoms with Gasteiger partial charge in [-0.15, -0.1) is 0 Å². The molecule has 0 saturated carbocycles. The number of hydrogen-bond donors (Lipinski definition) is 2. The molecule has 0 atom stereocenters. The number of aromatic hydroxyl groups is 1. The van der Waals surface area contributed by atoms with E-state index in [9.17, 15) is 9.90 Å². The second-order valence-corrected chi connectivity index (χ2v) is 4.14. The molecule has 3 rings (SSSR count). The van der Waals surface area contributed by atoms with Gasteiger partial charge in [-0.3, -0.25) is 4.79 Å². The van der Waals surface area contributed by atoms with Gasteiger partial charge in [0.05, 0.1) is 5.56 Å². The van der Waals surface area contributed by atoms with E-state index in [4.69, 9.17) is 15.2 Å². The Hall–Kier alpha value is -2.69. The number of hydrogen-bond acceptors (Lipinski definition) is 5. The molecule has 0 aliphatic carbocycles. The quantitative estimate of drug-likeness (QED) is 0.634. The van der Waals surface area contributed by atoms with Gasteiger partial charge in [0, 0.05) is 17.3 Å². The van der Waals surface area contributed by atoms with Gasteiger partial charge in [-0.05, 0) is 18.2 Å². The third-order valence-electron chi connectivity index (χ3n) is 2.94. The van der Waals surface area contributed by atoms with Gasteiger partial charge < -0.3 is 20.3 Å². The zero-order chi connectivity index (χ0) is 13.4. The Bertz CT molecular complexity index is 666. The highest BCUT2D eigenvalue weighted by molar-refractivity contribution is 6.13. The molecule has 0 fully saturated rings. The Morgan fingerprint density at radius 1 is 1.11 bits per heavy atom. The largest absolute Gasteiger partial charge is 0.507 e. The molecule has 0 bridgehead atoms.